The molecule has 27 heavy (non-hydrogen) atoms. The molecule has 2 N–H and O–H groups in total. The van der Waals surface area contributed by atoms with Crippen molar-refractivity contribution in [3.05, 3.63) is 59.7 Å². The van der Waals surface area contributed by atoms with Gasteiger partial charge in [-0.1, -0.05) is 24.3 Å². The molecule has 0 saturated heterocycles. The van der Waals surface area contributed by atoms with Crippen LogP contribution in [-0.4, -0.2) is 41.0 Å². The fourth-order valence-electron chi connectivity index (χ4n) is 2.81. The van der Waals surface area contributed by atoms with Gasteiger partial charge in [-0.3, -0.25) is 4.79 Å². The number of rotatable bonds is 9. The second kappa shape index (κ2) is 9.53. The van der Waals surface area contributed by atoms with E-state index in [9.17, 15) is 13.2 Å². The molecular formula is C20H27N3O3S. The van der Waals surface area contributed by atoms with Crippen LogP contribution in [0.2, 0.25) is 0 Å². The van der Waals surface area contributed by atoms with Gasteiger partial charge in [-0.05, 0) is 57.1 Å². The fourth-order valence-corrected chi connectivity index (χ4v) is 3.56. The van der Waals surface area contributed by atoms with E-state index in [2.05, 4.69) is 34.0 Å². The summed E-state index contributed by atoms with van der Waals surface area (Å²) in [5.41, 5.74) is 2.27. The molecule has 2 aromatic carbocycles. The summed E-state index contributed by atoms with van der Waals surface area (Å²) in [6, 6.07) is 14.7. The molecule has 0 heterocycles. The van der Waals surface area contributed by atoms with Gasteiger partial charge in [0.05, 0.1) is 4.90 Å². The maximum atomic E-state index is 12.5. The van der Waals surface area contributed by atoms with Crippen LogP contribution in [-0.2, 0) is 10.0 Å². The number of hydrogen-bond acceptors (Lipinski definition) is 4. The quantitative estimate of drug-likeness (QED) is 0.646. The number of sulfonamides is 1. The first-order chi connectivity index (χ1) is 12.9. The Kier molecular flexibility index (Phi) is 7.38. The Morgan fingerprint density at radius 3 is 2.44 bits per heavy atom. The van der Waals surface area contributed by atoms with Gasteiger partial charge in [0.2, 0.25) is 10.0 Å². The molecule has 0 bridgehead atoms. The molecule has 0 saturated carbocycles. The van der Waals surface area contributed by atoms with E-state index < -0.39 is 10.0 Å². The summed E-state index contributed by atoms with van der Waals surface area (Å²) in [5.74, 6) is -0.261. The van der Waals surface area contributed by atoms with E-state index in [0.29, 0.717) is 12.1 Å². The molecule has 0 aromatic heterocycles. The van der Waals surface area contributed by atoms with Gasteiger partial charge in [0.15, 0.2) is 0 Å². The average Bonchev–Trinajstić information content (AvgIpc) is 2.68. The van der Waals surface area contributed by atoms with Crippen LogP contribution in [0.1, 0.15) is 29.3 Å². The van der Waals surface area contributed by atoms with E-state index >= 15 is 0 Å². The minimum Gasteiger partial charge on any atom is -0.372 e. The first kappa shape index (κ1) is 20.9. The summed E-state index contributed by atoms with van der Waals surface area (Å²) >= 11 is 0. The summed E-state index contributed by atoms with van der Waals surface area (Å²) in [6.07, 6.45) is 0.794. The number of anilines is 1. The van der Waals surface area contributed by atoms with Crippen molar-refractivity contribution in [2.75, 3.05) is 31.6 Å². The van der Waals surface area contributed by atoms with Gasteiger partial charge in [-0.25, -0.2) is 13.1 Å². The number of carbonyl (C=O) groups is 1. The number of benzene rings is 2. The van der Waals surface area contributed by atoms with Gasteiger partial charge in [0, 0.05) is 30.9 Å². The van der Waals surface area contributed by atoms with Crippen molar-refractivity contribution in [2.45, 2.75) is 25.2 Å². The zero-order valence-corrected chi connectivity index (χ0v) is 16.8. The van der Waals surface area contributed by atoms with E-state index in [4.69, 9.17) is 0 Å². The highest BCUT2D eigenvalue weighted by molar-refractivity contribution is 7.89. The van der Waals surface area contributed by atoms with Crippen molar-refractivity contribution in [2.24, 2.45) is 0 Å². The molecule has 2 rings (SSSR count). The Bertz CT molecular complexity index is 867. The molecular weight excluding hydrogens is 362 g/mol. The first-order valence-corrected chi connectivity index (χ1v) is 10.5. The number of para-hydroxylation sites is 1. The fraction of sp³-hybridized carbons (Fsp3) is 0.350. The minimum atomic E-state index is -3.58. The van der Waals surface area contributed by atoms with Crippen LogP contribution in [0.15, 0.2) is 53.4 Å². The molecule has 0 aliphatic carbocycles. The van der Waals surface area contributed by atoms with E-state index in [1.165, 1.54) is 19.2 Å². The summed E-state index contributed by atoms with van der Waals surface area (Å²) in [4.78, 5) is 14.8. The van der Waals surface area contributed by atoms with Crippen LogP contribution in [0.4, 0.5) is 5.69 Å². The highest BCUT2D eigenvalue weighted by Gasteiger charge is 2.16. The summed E-state index contributed by atoms with van der Waals surface area (Å²) in [7, 11) is -2.23. The molecule has 0 aliphatic rings. The number of aryl methyl sites for hydroxylation is 1. The standard InChI is InChI=1S/C20H27N3O3S/c1-4-23(17-9-6-5-7-10-17)14-8-13-22-20(24)19-15-18(12-11-16(19)2)27(25,26)21-3/h5-7,9-12,15,21H,4,8,13-14H2,1-3H3,(H,22,24). The van der Waals surface area contributed by atoms with Gasteiger partial charge in [0.1, 0.15) is 0 Å². The summed E-state index contributed by atoms with van der Waals surface area (Å²) in [5, 5.41) is 2.89. The van der Waals surface area contributed by atoms with E-state index in [0.717, 1.165) is 30.8 Å². The third kappa shape index (κ3) is 5.55. The van der Waals surface area contributed by atoms with Crippen LogP contribution in [0.5, 0.6) is 0 Å². The Labute approximate surface area is 161 Å². The number of nitrogens with one attached hydrogen (secondary N) is 2. The van der Waals surface area contributed by atoms with Gasteiger partial charge in [-0.2, -0.15) is 0 Å². The third-order valence-electron chi connectivity index (χ3n) is 4.43. The van der Waals surface area contributed by atoms with Gasteiger partial charge in [-0.15, -0.1) is 0 Å². The first-order valence-electron chi connectivity index (χ1n) is 9.01. The molecule has 2 aromatic rings. The van der Waals surface area contributed by atoms with E-state index in [-0.39, 0.29) is 10.8 Å². The van der Waals surface area contributed by atoms with Gasteiger partial charge < -0.3 is 10.2 Å². The normalized spacial score (nSPS) is 11.2. The predicted molar refractivity (Wildman–Crippen MR) is 109 cm³/mol. The van der Waals surface area contributed by atoms with Crippen molar-refractivity contribution < 1.29 is 13.2 Å². The summed E-state index contributed by atoms with van der Waals surface area (Å²) in [6.45, 7) is 6.13. The zero-order valence-electron chi connectivity index (χ0n) is 16.0. The molecule has 0 radical (unpaired) electrons. The zero-order chi connectivity index (χ0) is 19.9. The Balaban J connectivity index is 1.95. The second-order valence-electron chi connectivity index (χ2n) is 6.21. The molecule has 6 nitrogen and oxygen atoms in total. The molecule has 0 atom stereocenters. The SMILES string of the molecule is CCN(CCCNC(=O)c1cc(S(=O)(=O)NC)ccc1C)c1ccccc1. The van der Waals surface area contributed by atoms with E-state index in [1.807, 2.05) is 18.2 Å². The maximum Gasteiger partial charge on any atom is 0.251 e. The third-order valence-corrected chi connectivity index (χ3v) is 5.84. The lowest BCUT2D eigenvalue weighted by Crippen LogP contribution is -2.30. The maximum absolute atomic E-state index is 12.5. The van der Waals surface area contributed by atoms with Crippen molar-refractivity contribution in [3.63, 3.8) is 0 Å². The molecule has 7 heteroatoms. The number of amides is 1. The lowest BCUT2D eigenvalue weighted by Gasteiger charge is -2.23. The van der Waals surface area contributed by atoms with Crippen molar-refractivity contribution in [1.82, 2.24) is 10.0 Å². The van der Waals surface area contributed by atoms with Crippen LogP contribution in [0.3, 0.4) is 0 Å². The van der Waals surface area contributed by atoms with E-state index in [1.54, 1.807) is 13.0 Å². The lowest BCUT2D eigenvalue weighted by atomic mass is 10.1. The summed E-state index contributed by atoms with van der Waals surface area (Å²) < 4.78 is 26.1. The average molecular weight is 390 g/mol. The minimum absolute atomic E-state index is 0.0852. The predicted octanol–water partition coefficient (Wildman–Crippen LogP) is 2.55. The van der Waals surface area contributed by atoms with Gasteiger partial charge >= 0.3 is 0 Å². The monoisotopic (exact) mass is 389 g/mol. The molecule has 146 valence electrons. The topological polar surface area (TPSA) is 78.5 Å². The van der Waals surface area contributed by atoms with Crippen molar-refractivity contribution in [1.29, 1.82) is 0 Å². The van der Waals surface area contributed by atoms with Gasteiger partial charge in [0.25, 0.3) is 5.91 Å². The lowest BCUT2D eigenvalue weighted by molar-refractivity contribution is 0.0952. The Hall–Kier alpha value is -2.38. The second-order valence-corrected chi connectivity index (χ2v) is 8.10. The van der Waals surface area contributed by atoms with Crippen molar-refractivity contribution in [3.8, 4) is 0 Å². The van der Waals surface area contributed by atoms with Crippen LogP contribution >= 0.6 is 0 Å². The van der Waals surface area contributed by atoms with Crippen molar-refractivity contribution >= 4 is 21.6 Å². The molecule has 0 spiro atoms. The highest BCUT2D eigenvalue weighted by atomic mass is 32.2. The molecule has 0 unspecified atom stereocenters. The van der Waals surface area contributed by atoms with Crippen LogP contribution < -0.4 is 14.9 Å². The van der Waals surface area contributed by atoms with Crippen LogP contribution in [0, 0.1) is 6.92 Å². The van der Waals surface area contributed by atoms with Crippen LogP contribution in [0.25, 0.3) is 0 Å². The highest BCUT2D eigenvalue weighted by Crippen LogP contribution is 2.16. The number of hydrogen-bond donors (Lipinski definition) is 2. The Morgan fingerprint density at radius 1 is 1.11 bits per heavy atom. The molecule has 0 aliphatic heterocycles. The number of carbonyl (C=O) groups excluding carboxylic acids is 1. The molecule has 1 amide bonds. The number of nitrogens with zero attached hydrogens (tertiary/aromatic N) is 1. The smallest absolute Gasteiger partial charge is 0.251 e. The Morgan fingerprint density at radius 2 is 1.81 bits per heavy atom. The molecule has 0 fully saturated rings. The largest absolute Gasteiger partial charge is 0.372 e.